The molecule has 3 N–H and O–H groups in total. The van der Waals surface area contributed by atoms with E-state index in [-0.39, 0.29) is 24.5 Å². The zero-order chi connectivity index (χ0) is 15.6. The molecule has 2 amide bonds. The predicted octanol–water partition coefficient (Wildman–Crippen LogP) is 0.442. The number of nitrogens with one attached hydrogen (secondary N) is 2. The minimum atomic E-state index is -0.410. The number of amides is 2. The Morgan fingerprint density at radius 3 is 2.45 bits per heavy atom. The molecular formula is C14H28N2O4. The topological polar surface area (TPSA) is 87.7 Å². The fourth-order valence-electron chi connectivity index (χ4n) is 1.57. The molecule has 0 saturated heterocycles. The molecule has 0 aromatic rings. The van der Waals surface area contributed by atoms with Crippen molar-refractivity contribution in [3.8, 4) is 0 Å². The van der Waals surface area contributed by atoms with Crippen molar-refractivity contribution in [1.82, 2.24) is 10.6 Å². The first-order valence-electron chi connectivity index (χ1n) is 6.98. The highest BCUT2D eigenvalue weighted by Crippen LogP contribution is 2.12. The fraction of sp³-hybridized carbons (Fsp3) is 0.857. The Balaban J connectivity index is 3.85. The van der Waals surface area contributed by atoms with Crippen molar-refractivity contribution in [2.24, 2.45) is 5.41 Å². The number of rotatable bonds is 9. The molecule has 1 atom stereocenters. The quantitative estimate of drug-likeness (QED) is 0.537. The van der Waals surface area contributed by atoms with Crippen LogP contribution in [0, 0.1) is 5.41 Å². The van der Waals surface area contributed by atoms with E-state index in [0.717, 1.165) is 0 Å². The molecule has 1 unspecified atom stereocenters. The molecule has 0 saturated carbocycles. The van der Waals surface area contributed by atoms with Crippen LogP contribution in [0.2, 0.25) is 0 Å². The van der Waals surface area contributed by atoms with Crippen LogP contribution in [0.3, 0.4) is 0 Å². The summed E-state index contributed by atoms with van der Waals surface area (Å²) in [6.45, 7) is 6.42. The molecule has 6 heteroatoms. The lowest BCUT2D eigenvalue weighted by Gasteiger charge is -2.18. The summed E-state index contributed by atoms with van der Waals surface area (Å²) in [5.41, 5.74) is -0.410. The van der Waals surface area contributed by atoms with E-state index in [1.54, 1.807) is 7.11 Å². The van der Waals surface area contributed by atoms with Gasteiger partial charge < -0.3 is 20.5 Å². The van der Waals surface area contributed by atoms with Gasteiger partial charge in [-0.1, -0.05) is 20.8 Å². The second kappa shape index (κ2) is 9.72. The number of hydrogen-bond donors (Lipinski definition) is 3. The Kier molecular flexibility index (Phi) is 9.16. The largest absolute Gasteiger partial charge is 0.396 e. The van der Waals surface area contributed by atoms with Gasteiger partial charge in [-0.3, -0.25) is 9.59 Å². The lowest BCUT2D eigenvalue weighted by atomic mass is 9.96. The van der Waals surface area contributed by atoms with Crippen molar-refractivity contribution in [2.45, 2.75) is 46.1 Å². The highest BCUT2D eigenvalue weighted by Gasteiger charge is 2.20. The van der Waals surface area contributed by atoms with Crippen LogP contribution in [-0.2, 0) is 14.3 Å². The van der Waals surface area contributed by atoms with Gasteiger partial charge >= 0.3 is 0 Å². The molecule has 0 bridgehead atoms. The summed E-state index contributed by atoms with van der Waals surface area (Å²) in [5.74, 6) is -0.110. The molecule has 0 fully saturated rings. The molecule has 0 aromatic carbocycles. The van der Waals surface area contributed by atoms with E-state index >= 15 is 0 Å². The van der Waals surface area contributed by atoms with Crippen molar-refractivity contribution < 1.29 is 19.4 Å². The highest BCUT2D eigenvalue weighted by atomic mass is 16.5. The number of aliphatic hydroxyl groups is 1. The van der Waals surface area contributed by atoms with E-state index in [1.165, 1.54) is 0 Å². The first-order valence-corrected chi connectivity index (χ1v) is 6.98. The van der Waals surface area contributed by atoms with Crippen LogP contribution in [0.4, 0.5) is 0 Å². The van der Waals surface area contributed by atoms with Gasteiger partial charge in [0.1, 0.15) is 0 Å². The van der Waals surface area contributed by atoms with Gasteiger partial charge in [0.15, 0.2) is 0 Å². The lowest BCUT2D eigenvalue weighted by molar-refractivity contribution is -0.128. The summed E-state index contributed by atoms with van der Waals surface area (Å²) in [6, 6.07) is -0.165. The third-order valence-electron chi connectivity index (χ3n) is 2.76. The van der Waals surface area contributed by atoms with Gasteiger partial charge in [0, 0.05) is 32.1 Å². The van der Waals surface area contributed by atoms with E-state index < -0.39 is 5.41 Å². The van der Waals surface area contributed by atoms with E-state index in [9.17, 15) is 9.59 Å². The number of methoxy groups -OCH3 is 1. The van der Waals surface area contributed by atoms with Crippen molar-refractivity contribution in [3.63, 3.8) is 0 Å². The summed E-state index contributed by atoms with van der Waals surface area (Å²) >= 11 is 0. The maximum absolute atomic E-state index is 11.7. The smallest absolute Gasteiger partial charge is 0.225 e. The second-order valence-corrected chi connectivity index (χ2v) is 5.84. The maximum Gasteiger partial charge on any atom is 0.225 e. The van der Waals surface area contributed by atoms with Crippen LogP contribution >= 0.6 is 0 Å². The Labute approximate surface area is 121 Å². The zero-order valence-corrected chi connectivity index (χ0v) is 13.0. The Morgan fingerprint density at radius 2 is 1.95 bits per heavy atom. The van der Waals surface area contributed by atoms with E-state index in [4.69, 9.17) is 9.84 Å². The number of aliphatic hydroxyl groups excluding tert-OH is 1. The SMILES string of the molecule is COCC(CCO)NC(=O)CCCNC(=O)C(C)(C)C. The molecule has 0 aliphatic heterocycles. The Hall–Kier alpha value is -1.14. The third-order valence-corrected chi connectivity index (χ3v) is 2.76. The van der Waals surface area contributed by atoms with Gasteiger partial charge in [-0.2, -0.15) is 0 Å². The molecule has 0 aliphatic carbocycles. The summed E-state index contributed by atoms with van der Waals surface area (Å²) in [5, 5.41) is 14.5. The van der Waals surface area contributed by atoms with Gasteiger partial charge in [0.2, 0.25) is 11.8 Å². The van der Waals surface area contributed by atoms with Crippen LogP contribution in [0.25, 0.3) is 0 Å². The standard InChI is InChI=1S/C14H28N2O4/c1-14(2,3)13(19)15-8-5-6-12(18)16-11(7-9-17)10-20-4/h11,17H,5-10H2,1-4H3,(H,15,19)(H,16,18). The number of carbonyl (C=O) groups excluding carboxylic acids is 2. The molecule has 20 heavy (non-hydrogen) atoms. The monoisotopic (exact) mass is 288 g/mol. The molecule has 118 valence electrons. The zero-order valence-electron chi connectivity index (χ0n) is 13.0. The summed E-state index contributed by atoms with van der Waals surface area (Å²) in [6.07, 6.45) is 1.41. The van der Waals surface area contributed by atoms with E-state index in [1.807, 2.05) is 20.8 Å². The lowest BCUT2D eigenvalue weighted by Crippen LogP contribution is -2.39. The second-order valence-electron chi connectivity index (χ2n) is 5.84. The van der Waals surface area contributed by atoms with Gasteiger partial charge in [-0.15, -0.1) is 0 Å². The van der Waals surface area contributed by atoms with Crippen molar-refractivity contribution in [1.29, 1.82) is 0 Å². The minimum absolute atomic E-state index is 0.00987. The molecule has 6 nitrogen and oxygen atoms in total. The first-order chi connectivity index (χ1) is 9.31. The molecule has 0 heterocycles. The molecule has 0 aromatic heterocycles. The van der Waals surface area contributed by atoms with Crippen LogP contribution < -0.4 is 10.6 Å². The van der Waals surface area contributed by atoms with Crippen molar-refractivity contribution >= 4 is 11.8 Å². The first kappa shape index (κ1) is 18.9. The van der Waals surface area contributed by atoms with Crippen LogP contribution in [-0.4, -0.2) is 49.8 Å². The van der Waals surface area contributed by atoms with E-state index in [0.29, 0.717) is 32.4 Å². The van der Waals surface area contributed by atoms with Crippen LogP contribution in [0.5, 0.6) is 0 Å². The van der Waals surface area contributed by atoms with Crippen molar-refractivity contribution in [2.75, 3.05) is 26.9 Å². The average Bonchev–Trinajstić information content (AvgIpc) is 2.33. The summed E-state index contributed by atoms with van der Waals surface area (Å²) < 4.78 is 4.97. The highest BCUT2D eigenvalue weighted by molar-refractivity contribution is 5.81. The summed E-state index contributed by atoms with van der Waals surface area (Å²) in [4.78, 5) is 23.3. The van der Waals surface area contributed by atoms with Gasteiger partial charge in [0.05, 0.1) is 12.6 Å². The Morgan fingerprint density at radius 1 is 1.30 bits per heavy atom. The van der Waals surface area contributed by atoms with E-state index in [2.05, 4.69) is 10.6 Å². The number of carbonyl (C=O) groups is 2. The Bertz CT molecular complexity index is 294. The van der Waals surface area contributed by atoms with Crippen LogP contribution in [0.1, 0.15) is 40.0 Å². The average molecular weight is 288 g/mol. The van der Waals surface area contributed by atoms with Crippen molar-refractivity contribution in [3.05, 3.63) is 0 Å². The predicted molar refractivity (Wildman–Crippen MR) is 77.2 cm³/mol. The van der Waals surface area contributed by atoms with Gasteiger partial charge in [-0.05, 0) is 12.8 Å². The van der Waals surface area contributed by atoms with Gasteiger partial charge in [0.25, 0.3) is 0 Å². The summed E-state index contributed by atoms with van der Waals surface area (Å²) in [7, 11) is 1.55. The molecule has 0 aliphatic rings. The normalized spacial score (nSPS) is 12.8. The van der Waals surface area contributed by atoms with Crippen LogP contribution in [0.15, 0.2) is 0 Å². The van der Waals surface area contributed by atoms with Gasteiger partial charge in [-0.25, -0.2) is 0 Å². The molecule has 0 spiro atoms. The number of hydrogen-bond acceptors (Lipinski definition) is 4. The third kappa shape index (κ3) is 8.87. The molecular weight excluding hydrogens is 260 g/mol. The molecule has 0 radical (unpaired) electrons. The minimum Gasteiger partial charge on any atom is -0.396 e. The number of ether oxygens (including phenoxy) is 1. The maximum atomic E-state index is 11.7. The molecule has 0 rings (SSSR count). The fourth-order valence-corrected chi connectivity index (χ4v) is 1.57.